The van der Waals surface area contributed by atoms with E-state index in [4.69, 9.17) is 0 Å². The molecule has 0 saturated carbocycles. The maximum absolute atomic E-state index is 13.4. The molecule has 0 atom stereocenters. The lowest BCUT2D eigenvalue weighted by molar-refractivity contribution is -0.137. The number of thioether (sulfide) groups is 1. The van der Waals surface area contributed by atoms with E-state index in [0.29, 0.717) is 5.69 Å². The first-order valence-electron chi connectivity index (χ1n) is 10.8. The van der Waals surface area contributed by atoms with Crippen LogP contribution in [0.1, 0.15) is 52.6 Å². The second kappa shape index (κ2) is 10.1. The Bertz CT molecular complexity index is 1280. The molecule has 1 heterocycles. The summed E-state index contributed by atoms with van der Waals surface area (Å²) in [4.78, 5) is 27.5. The number of hydrogen-bond acceptors (Lipinski definition) is 3. The van der Waals surface area contributed by atoms with E-state index in [9.17, 15) is 22.8 Å². The summed E-state index contributed by atoms with van der Waals surface area (Å²) in [5.41, 5.74) is 1.14. The Labute approximate surface area is 201 Å². The summed E-state index contributed by atoms with van der Waals surface area (Å²) in [7, 11) is 0. The first kappa shape index (κ1) is 25.6. The number of hydrogen-bond donors (Lipinski definition) is 1. The summed E-state index contributed by atoms with van der Waals surface area (Å²) < 4.78 is 41.6. The third-order valence-corrected chi connectivity index (χ3v) is 6.58. The highest BCUT2D eigenvalue weighted by Gasteiger charge is 2.31. The average Bonchev–Trinajstić information content (AvgIpc) is 2.77. The fourth-order valence-electron chi connectivity index (χ4n) is 3.94. The number of aryl methyl sites for hydroxylation is 1. The molecule has 0 aliphatic carbocycles. The van der Waals surface area contributed by atoms with Gasteiger partial charge in [0.2, 0.25) is 5.43 Å². The van der Waals surface area contributed by atoms with E-state index in [2.05, 4.69) is 5.32 Å². The van der Waals surface area contributed by atoms with Gasteiger partial charge in [-0.2, -0.15) is 13.2 Å². The molecule has 0 spiro atoms. The van der Waals surface area contributed by atoms with Crippen molar-refractivity contribution in [3.05, 3.63) is 86.8 Å². The minimum Gasteiger partial charge on any atom is -0.348 e. The van der Waals surface area contributed by atoms with E-state index in [0.717, 1.165) is 28.2 Å². The van der Waals surface area contributed by atoms with Gasteiger partial charge < -0.3 is 9.88 Å². The largest absolute Gasteiger partial charge is 0.416 e. The minimum absolute atomic E-state index is 0.0904. The SMILES string of the molecule is CSc1ccc(CNC(=O)c2cn(C(C)C)c(C)c(-c3cccc(C(F)(F)F)c3)c2=O)cc1C. The van der Waals surface area contributed by atoms with Crippen molar-refractivity contribution in [2.75, 3.05) is 6.26 Å². The van der Waals surface area contributed by atoms with E-state index >= 15 is 0 Å². The van der Waals surface area contributed by atoms with Crippen LogP contribution in [0.2, 0.25) is 0 Å². The van der Waals surface area contributed by atoms with Crippen molar-refractivity contribution < 1.29 is 18.0 Å². The molecular weight excluding hydrogens is 461 g/mol. The third-order valence-electron chi connectivity index (χ3n) is 5.68. The van der Waals surface area contributed by atoms with Gasteiger partial charge in [0, 0.05) is 34.9 Å². The molecule has 34 heavy (non-hydrogen) atoms. The van der Waals surface area contributed by atoms with Gasteiger partial charge in [-0.3, -0.25) is 9.59 Å². The molecule has 0 aliphatic heterocycles. The van der Waals surface area contributed by atoms with Gasteiger partial charge in [-0.1, -0.05) is 24.3 Å². The molecule has 8 heteroatoms. The van der Waals surface area contributed by atoms with Crippen LogP contribution >= 0.6 is 11.8 Å². The molecule has 2 aromatic carbocycles. The van der Waals surface area contributed by atoms with Crippen LogP contribution in [0.3, 0.4) is 0 Å². The number of nitrogens with one attached hydrogen (secondary N) is 1. The van der Waals surface area contributed by atoms with E-state index in [1.54, 1.807) is 23.3 Å². The maximum atomic E-state index is 13.4. The number of carbonyl (C=O) groups is 1. The quantitative estimate of drug-likeness (QED) is 0.410. The molecule has 0 aliphatic rings. The lowest BCUT2D eigenvalue weighted by atomic mass is 9.98. The molecule has 1 amide bonds. The summed E-state index contributed by atoms with van der Waals surface area (Å²) in [6.07, 6.45) is -1.07. The van der Waals surface area contributed by atoms with E-state index in [1.165, 1.54) is 18.3 Å². The maximum Gasteiger partial charge on any atom is 0.416 e. The average molecular weight is 489 g/mol. The number of pyridine rings is 1. The smallest absolute Gasteiger partial charge is 0.348 e. The number of benzene rings is 2. The number of halogens is 3. The molecule has 0 radical (unpaired) electrons. The van der Waals surface area contributed by atoms with Gasteiger partial charge in [0.15, 0.2) is 0 Å². The van der Waals surface area contributed by atoms with Crippen LogP contribution in [-0.2, 0) is 12.7 Å². The molecule has 3 aromatic rings. The van der Waals surface area contributed by atoms with Crippen molar-refractivity contribution >= 4 is 17.7 Å². The zero-order valence-electron chi connectivity index (χ0n) is 19.7. The van der Waals surface area contributed by atoms with Crippen LogP contribution < -0.4 is 10.7 Å². The topological polar surface area (TPSA) is 51.1 Å². The molecular formula is C26H27F3N2O2S. The number of aromatic nitrogens is 1. The number of nitrogens with zero attached hydrogens (tertiary/aromatic N) is 1. The van der Waals surface area contributed by atoms with Crippen LogP contribution in [0, 0.1) is 13.8 Å². The Balaban J connectivity index is 2.03. The van der Waals surface area contributed by atoms with E-state index < -0.39 is 23.1 Å². The van der Waals surface area contributed by atoms with E-state index in [1.807, 2.05) is 45.2 Å². The molecule has 180 valence electrons. The predicted octanol–water partition coefficient (Wildman–Crippen LogP) is 6.38. The zero-order valence-corrected chi connectivity index (χ0v) is 20.5. The van der Waals surface area contributed by atoms with Crippen molar-refractivity contribution in [3.63, 3.8) is 0 Å². The van der Waals surface area contributed by atoms with Crippen molar-refractivity contribution in [2.45, 2.75) is 51.4 Å². The van der Waals surface area contributed by atoms with Gasteiger partial charge in [-0.05, 0) is 68.8 Å². The zero-order chi connectivity index (χ0) is 25.2. The van der Waals surface area contributed by atoms with Crippen molar-refractivity contribution in [1.29, 1.82) is 0 Å². The summed E-state index contributed by atoms with van der Waals surface area (Å²) in [5, 5.41) is 2.78. The van der Waals surface area contributed by atoms with Crippen LogP contribution in [0.25, 0.3) is 11.1 Å². The summed E-state index contributed by atoms with van der Waals surface area (Å²) in [6, 6.07) is 10.4. The lowest BCUT2D eigenvalue weighted by Gasteiger charge is -2.20. The summed E-state index contributed by atoms with van der Waals surface area (Å²) in [5.74, 6) is -0.570. The van der Waals surface area contributed by atoms with Gasteiger partial charge in [0.05, 0.1) is 5.56 Å². The van der Waals surface area contributed by atoms with Crippen molar-refractivity contribution in [3.8, 4) is 11.1 Å². The standard InChI is InChI=1S/C26H27F3N2O2S/c1-15(2)31-14-21(25(33)30-13-18-9-10-22(34-5)16(3)11-18)24(32)23(17(31)4)19-7-6-8-20(12-19)26(27,28)29/h6-12,14-15H,13H2,1-5H3,(H,30,33). The van der Waals surface area contributed by atoms with Crippen LogP contribution in [0.4, 0.5) is 13.2 Å². The molecule has 4 nitrogen and oxygen atoms in total. The number of alkyl halides is 3. The van der Waals surface area contributed by atoms with Crippen LogP contribution in [-0.4, -0.2) is 16.7 Å². The van der Waals surface area contributed by atoms with Crippen molar-refractivity contribution in [2.24, 2.45) is 0 Å². The highest BCUT2D eigenvalue weighted by molar-refractivity contribution is 7.98. The number of carbonyl (C=O) groups excluding carboxylic acids is 1. The second-order valence-corrected chi connectivity index (χ2v) is 9.25. The van der Waals surface area contributed by atoms with Gasteiger partial charge >= 0.3 is 6.18 Å². The monoisotopic (exact) mass is 488 g/mol. The molecule has 1 N–H and O–H groups in total. The molecule has 1 aromatic heterocycles. The van der Waals surface area contributed by atoms with E-state index in [-0.39, 0.29) is 29.3 Å². The fourth-order valence-corrected chi connectivity index (χ4v) is 4.52. The fraction of sp³-hybridized carbons (Fsp3) is 0.308. The Morgan fingerprint density at radius 2 is 1.82 bits per heavy atom. The van der Waals surface area contributed by atoms with Crippen LogP contribution in [0.15, 0.2) is 58.4 Å². The Morgan fingerprint density at radius 1 is 1.12 bits per heavy atom. The van der Waals surface area contributed by atoms with Gasteiger partial charge in [0.1, 0.15) is 5.56 Å². The number of amides is 1. The Morgan fingerprint density at radius 3 is 2.41 bits per heavy atom. The third kappa shape index (κ3) is 5.38. The van der Waals surface area contributed by atoms with Gasteiger partial charge in [-0.15, -0.1) is 11.8 Å². The summed E-state index contributed by atoms with van der Waals surface area (Å²) in [6.45, 7) is 7.65. The Hall–Kier alpha value is -3.00. The molecule has 0 fully saturated rings. The molecule has 0 bridgehead atoms. The Kier molecular flexibility index (Phi) is 7.60. The van der Waals surface area contributed by atoms with Gasteiger partial charge in [0.25, 0.3) is 5.91 Å². The lowest BCUT2D eigenvalue weighted by Crippen LogP contribution is -2.31. The first-order chi connectivity index (χ1) is 15.9. The van der Waals surface area contributed by atoms with Crippen LogP contribution in [0.5, 0.6) is 0 Å². The highest BCUT2D eigenvalue weighted by atomic mass is 32.2. The number of rotatable bonds is 6. The minimum atomic E-state index is -4.54. The first-order valence-corrected chi connectivity index (χ1v) is 12.0. The second-order valence-electron chi connectivity index (χ2n) is 8.40. The highest BCUT2D eigenvalue weighted by Crippen LogP contribution is 2.32. The molecule has 0 saturated heterocycles. The van der Waals surface area contributed by atoms with Gasteiger partial charge in [-0.25, -0.2) is 0 Å². The summed E-state index contributed by atoms with van der Waals surface area (Å²) >= 11 is 1.63. The normalized spacial score (nSPS) is 11.7. The van der Waals surface area contributed by atoms with Crippen molar-refractivity contribution in [1.82, 2.24) is 9.88 Å². The molecule has 3 rings (SSSR count). The molecule has 0 unspecified atom stereocenters. The predicted molar refractivity (Wildman–Crippen MR) is 130 cm³/mol.